The van der Waals surface area contributed by atoms with Crippen LogP contribution in [-0.4, -0.2) is 59.7 Å². The van der Waals surface area contributed by atoms with Gasteiger partial charge in [0, 0.05) is 12.3 Å². The number of esters is 1. The van der Waals surface area contributed by atoms with Crippen molar-refractivity contribution in [2.24, 2.45) is 11.7 Å². The van der Waals surface area contributed by atoms with Crippen LogP contribution >= 0.6 is 0 Å². The van der Waals surface area contributed by atoms with Crippen LogP contribution in [0, 0.1) is 5.92 Å². The Morgan fingerprint density at radius 1 is 1.03 bits per heavy atom. The van der Waals surface area contributed by atoms with E-state index in [9.17, 15) is 14.4 Å². The minimum Gasteiger partial charge on any atom is -0.489 e. The van der Waals surface area contributed by atoms with Gasteiger partial charge in [0.25, 0.3) is 0 Å². The topological polar surface area (TPSA) is 119 Å². The molecule has 2 unspecified atom stereocenters. The van der Waals surface area contributed by atoms with Gasteiger partial charge >= 0.3 is 11.9 Å². The Bertz CT molecular complexity index is 1000. The third kappa shape index (κ3) is 8.37. The van der Waals surface area contributed by atoms with Gasteiger partial charge in [0.1, 0.15) is 24.5 Å². The second kappa shape index (κ2) is 13.6. The van der Waals surface area contributed by atoms with Crippen LogP contribution in [0.2, 0.25) is 0 Å². The summed E-state index contributed by atoms with van der Waals surface area (Å²) in [5.41, 5.74) is 7.74. The SMILES string of the molecule is CC(COc1ccccc1CCc1ccccc1)OC(=O)C(CCC(=O)O)N1CCC(C(N)=O)CC1. The number of carboxylic acid groups (broad SMARTS) is 1. The van der Waals surface area contributed by atoms with Gasteiger partial charge in [0.2, 0.25) is 5.91 Å². The van der Waals surface area contributed by atoms with Crippen LogP contribution in [0.25, 0.3) is 0 Å². The number of amides is 1. The largest absolute Gasteiger partial charge is 0.489 e. The van der Waals surface area contributed by atoms with Crippen molar-refractivity contribution in [2.75, 3.05) is 19.7 Å². The first-order valence-corrected chi connectivity index (χ1v) is 12.5. The number of nitrogens with two attached hydrogens (primary N) is 1. The third-order valence-electron chi connectivity index (χ3n) is 6.57. The van der Waals surface area contributed by atoms with E-state index in [0.717, 1.165) is 24.2 Å². The lowest BCUT2D eigenvalue weighted by atomic mass is 9.94. The van der Waals surface area contributed by atoms with Gasteiger partial charge in [-0.3, -0.25) is 19.3 Å². The third-order valence-corrected chi connectivity index (χ3v) is 6.57. The Labute approximate surface area is 212 Å². The Kier molecular flexibility index (Phi) is 10.3. The first-order valence-electron chi connectivity index (χ1n) is 12.5. The second-order valence-electron chi connectivity index (χ2n) is 9.31. The van der Waals surface area contributed by atoms with Crippen LogP contribution in [0.4, 0.5) is 0 Å². The molecular formula is C28H36N2O6. The number of ether oxygens (including phenoxy) is 2. The molecular weight excluding hydrogens is 460 g/mol. The maximum Gasteiger partial charge on any atom is 0.323 e. The van der Waals surface area contributed by atoms with Gasteiger partial charge in [-0.2, -0.15) is 0 Å². The summed E-state index contributed by atoms with van der Waals surface area (Å²) in [6.45, 7) is 2.93. The highest BCUT2D eigenvalue weighted by Crippen LogP contribution is 2.23. The number of carbonyl (C=O) groups excluding carboxylic acids is 2. The summed E-state index contributed by atoms with van der Waals surface area (Å²) in [4.78, 5) is 37.5. The Hall–Kier alpha value is -3.39. The van der Waals surface area contributed by atoms with Crippen molar-refractivity contribution in [3.05, 3.63) is 65.7 Å². The van der Waals surface area contributed by atoms with E-state index >= 15 is 0 Å². The molecule has 0 aliphatic carbocycles. The summed E-state index contributed by atoms with van der Waals surface area (Å²) in [6.07, 6.45) is 2.29. The molecule has 1 aliphatic heterocycles. The van der Waals surface area contributed by atoms with Crippen molar-refractivity contribution in [2.45, 2.75) is 57.6 Å². The molecule has 1 fully saturated rings. The van der Waals surface area contributed by atoms with E-state index in [1.165, 1.54) is 5.56 Å². The van der Waals surface area contributed by atoms with Crippen LogP contribution in [0.1, 0.15) is 43.7 Å². The van der Waals surface area contributed by atoms with Crippen molar-refractivity contribution in [1.82, 2.24) is 4.90 Å². The number of carbonyl (C=O) groups is 3. The van der Waals surface area contributed by atoms with Crippen molar-refractivity contribution in [3.63, 3.8) is 0 Å². The lowest BCUT2D eigenvalue weighted by molar-refractivity contribution is -0.157. The molecule has 8 nitrogen and oxygen atoms in total. The number of primary amides is 1. The molecule has 1 heterocycles. The Balaban J connectivity index is 1.54. The van der Waals surface area contributed by atoms with Crippen molar-refractivity contribution in [1.29, 1.82) is 0 Å². The van der Waals surface area contributed by atoms with Crippen molar-refractivity contribution in [3.8, 4) is 5.75 Å². The average molecular weight is 497 g/mol. The zero-order valence-corrected chi connectivity index (χ0v) is 20.8. The molecule has 1 saturated heterocycles. The van der Waals surface area contributed by atoms with E-state index in [2.05, 4.69) is 12.1 Å². The molecule has 2 aromatic rings. The molecule has 0 saturated carbocycles. The first kappa shape index (κ1) is 27.2. The summed E-state index contributed by atoms with van der Waals surface area (Å²) in [5, 5.41) is 9.14. The monoisotopic (exact) mass is 496 g/mol. The van der Waals surface area contributed by atoms with Crippen LogP contribution in [-0.2, 0) is 32.0 Å². The highest BCUT2D eigenvalue weighted by Gasteiger charge is 2.33. The highest BCUT2D eigenvalue weighted by molar-refractivity contribution is 5.78. The normalized spacial score (nSPS) is 16.1. The number of likely N-dealkylation sites (tertiary alicyclic amines) is 1. The lowest BCUT2D eigenvalue weighted by Crippen LogP contribution is -2.48. The number of aryl methyl sites for hydroxylation is 2. The van der Waals surface area contributed by atoms with E-state index in [-0.39, 0.29) is 31.3 Å². The number of aliphatic carboxylic acids is 1. The van der Waals surface area contributed by atoms with E-state index in [4.69, 9.17) is 20.3 Å². The molecule has 0 spiro atoms. The summed E-state index contributed by atoms with van der Waals surface area (Å²) in [7, 11) is 0. The van der Waals surface area contributed by atoms with Crippen molar-refractivity contribution < 1.29 is 29.0 Å². The maximum atomic E-state index is 13.0. The van der Waals surface area contributed by atoms with E-state index in [1.54, 1.807) is 6.92 Å². The van der Waals surface area contributed by atoms with Gasteiger partial charge in [-0.25, -0.2) is 0 Å². The number of benzene rings is 2. The summed E-state index contributed by atoms with van der Waals surface area (Å²) < 4.78 is 11.7. The van der Waals surface area contributed by atoms with Crippen LogP contribution in [0.3, 0.4) is 0 Å². The average Bonchev–Trinajstić information content (AvgIpc) is 2.87. The number of para-hydroxylation sites is 1. The predicted molar refractivity (Wildman–Crippen MR) is 135 cm³/mol. The minimum absolute atomic E-state index is 0.144. The molecule has 36 heavy (non-hydrogen) atoms. The molecule has 2 aromatic carbocycles. The van der Waals surface area contributed by atoms with Crippen LogP contribution in [0.15, 0.2) is 54.6 Å². The smallest absolute Gasteiger partial charge is 0.323 e. The molecule has 0 bridgehead atoms. The van der Waals surface area contributed by atoms with Gasteiger partial charge in [-0.1, -0.05) is 48.5 Å². The van der Waals surface area contributed by atoms with Gasteiger partial charge in [0.05, 0.1) is 0 Å². The Morgan fingerprint density at radius 3 is 2.36 bits per heavy atom. The van der Waals surface area contributed by atoms with Gasteiger partial charge in [-0.05, 0) is 69.3 Å². The Morgan fingerprint density at radius 2 is 1.69 bits per heavy atom. The fourth-order valence-electron chi connectivity index (χ4n) is 4.50. The highest BCUT2D eigenvalue weighted by atomic mass is 16.6. The molecule has 2 atom stereocenters. The molecule has 3 rings (SSSR count). The molecule has 0 radical (unpaired) electrons. The number of hydrogen-bond acceptors (Lipinski definition) is 6. The van der Waals surface area contributed by atoms with Crippen molar-refractivity contribution >= 4 is 17.8 Å². The molecule has 0 aromatic heterocycles. The minimum atomic E-state index is -0.969. The fourth-order valence-corrected chi connectivity index (χ4v) is 4.50. The number of hydrogen-bond donors (Lipinski definition) is 2. The van der Waals surface area contributed by atoms with Crippen LogP contribution in [0.5, 0.6) is 5.75 Å². The number of carboxylic acids is 1. The van der Waals surface area contributed by atoms with Gasteiger partial charge in [-0.15, -0.1) is 0 Å². The molecule has 194 valence electrons. The number of rotatable bonds is 13. The van der Waals surface area contributed by atoms with E-state index < -0.39 is 24.1 Å². The molecule has 1 aliphatic rings. The zero-order valence-electron chi connectivity index (χ0n) is 20.8. The molecule has 3 N–H and O–H groups in total. The van der Waals surface area contributed by atoms with Crippen LogP contribution < -0.4 is 10.5 Å². The molecule has 8 heteroatoms. The van der Waals surface area contributed by atoms with E-state index in [1.807, 2.05) is 47.4 Å². The predicted octanol–water partition coefficient (Wildman–Crippen LogP) is 3.21. The summed E-state index contributed by atoms with van der Waals surface area (Å²) in [6, 6.07) is 17.4. The van der Waals surface area contributed by atoms with Gasteiger partial charge in [0.15, 0.2) is 0 Å². The fraction of sp³-hybridized carbons (Fsp3) is 0.464. The first-order chi connectivity index (χ1) is 17.3. The maximum absolute atomic E-state index is 13.0. The van der Waals surface area contributed by atoms with E-state index in [0.29, 0.717) is 25.9 Å². The summed E-state index contributed by atoms with van der Waals surface area (Å²) >= 11 is 0. The zero-order chi connectivity index (χ0) is 25.9. The lowest BCUT2D eigenvalue weighted by Gasteiger charge is -2.35. The molecule has 1 amide bonds. The standard InChI is InChI=1S/C28H36N2O6/c1-20(19-35-25-10-6-5-9-22(25)12-11-21-7-3-2-4-8-21)36-28(34)24(13-14-26(31)32)30-17-15-23(16-18-30)27(29)33/h2-10,20,23-24H,11-19H2,1H3,(H2,29,33)(H,31,32). The quantitative estimate of drug-likeness (QED) is 0.409. The van der Waals surface area contributed by atoms with Gasteiger partial charge < -0.3 is 20.3 Å². The summed E-state index contributed by atoms with van der Waals surface area (Å²) in [5.74, 6) is -1.24. The number of piperidine rings is 1. The number of nitrogens with zero attached hydrogens (tertiary/aromatic N) is 1. The second-order valence-corrected chi connectivity index (χ2v) is 9.31.